The molecule has 0 saturated heterocycles. The molecule has 2 rings (SSSR count). The van der Waals surface area contributed by atoms with E-state index in [1.54, 1.807) is 6.20 Å². The van der Waals surface area contributed by atoms with Crippen LogP contribution in [0.1, 0.15) is 37.7 Å². The molecule has 0 bridgehead atoms. The minimum atomic E-state index is 0.0980. The molecule has 0 aliphatic carbocycles. The maximum Gasteiger partial charge on any atom is 0.234 e. The molecule has 0 saturated carbocycles. The Morgan fingerprint density at radius 2 is 1.92 bits per heavy atom. The van der Waals surface area contributed by atoms with E-state index in [1.165, 1.54) is 5.56 Å². The fourth-order valence-electron chi connectivity index (χ4n) is 2.50. The summed E-state index contributed by atoms with van der Waals surface area (Å²) in [4.78, 5) is 10.5. The molecule has 0 radical (unpaired) electrons. The number of halogens is 1. The minimum absolute atomic E-state index is 0.0980. The van der Waals surface area contributed by atoms with Crippen molar-refractivity contribution in [3.63, 3.8) is 0 Å². The highest BCUT2D eigenvalue weighted by Crippen LogP contribution is 2.22. The SMILES string of the molecule is CC(C)(C)CN(Cc1ccc(/C=C/CCl)cc1)c1ccnc(C#N)n1. The maximum absolute atomic E-state index is 9.06. The van der Waals surface area contributed by atoms with E-state index in [0.29, 0.717) is 5.88 Å². The van der Waals surface area contributed by atoms with Crippen LogP contribution in [0, 0.1) is 16.7 Å². The zero-order valence-corrected chi connectivity index (χ0v) is 15.7. The Labute approximate surface area is 154 Å². The van der Waals surface area contributed by atoms with Crippen molar-refractivity contribution in [1.29, 1.82) is 5.26 Å². The molecule has 1 aromatic heterocycles. The van der Waals surface area contributed by atoms with E-state index in [1.807, 2.05) is 24.3 Å². The van der Waals surface area contributed by atoms with Crippen molar-refractivity contribution in [2.24, 2.45) is 5.41 Å². The van der Waals surface area contributed by atoms with Crippen LogP contribution < -0.4 is 4.90 Å². The summed E-state index contributed by atoms with van der Waals surface area (Å²) in [5.41, 5.74) is 2.41. The smallest absolute Gasteiger partial charge is 0.234 e. The third-order valence-corrected chi connectivity index (χ3v) is 3.66. The lowest BCUT2D eigenvalue weighted by molar-refractivity contribution is 0.407. The molecule has 0 fully saturated rings. The van der Waals surface area contributed by atoms with Crippen LogP contribution in [0.15, 0.2) is 42.6 Å². The van der Waals surface area contributed by atoms with Gasteiger partial charge >= 0.3 is 0 Å². The Hall–Kier alpha value is -2.38. The fourth-order valence-corrected chi connectivity index (χ4v) is 2.59. The first-order valence-corrected chi connectivity index (χ1v) is 8.74. The van der Waals surface area contributed by atoms with Crippen LogP contribution in [-0.4, -0.2) is 22.4 Å². The van der Waals surface area contributed by atoms with E-state index < -0.39 is 0 Å². The molecule has 0 amide bonds. The van der Waals surface area contributed by atoms with Crippen LogP contribution in [-0.2, 0) is 6.54 Å². The number of benzene rings is 1. The van der Waals surface area contributed by atoms with Gasteiger partial charge in [-0.05, 0) is 22.6 Å². The second-order valence-electron chi connectivity index (χ2n) is 7.07. The van der Waals surface area contributed by atoms with Crippen LogP contribution >= 0.6 is 11.6 Å². The zero-order chi connectivity index (χ0) is 18.3. The van der Waals surface area contributed by atoms with Gasteiger partial charge < -0.3 is 4.90 Å². The lowest BCUT2D eigenvalue weighted by Crippen LogP contribution is -2.33. The average molecular weight is 355 g/mol. The molecule has 0 spiro atoms. The third kappa shape index (κ3) is 6.21. The third-order valence-electron chi connectivity index (χ3n) is 3.48. The fraction of sp³-hybridized carbons (Fsp3) is 0.350. The van der Waals surface area contributed by atoms with Gasteiger partial charge in [0.1, 0.15) is 11.9 Å². The summed E-state index contributed by atoms with van der Waals surface area (Å²) in [7, 11) is 0. The summed E-state index contributed by atoms with van der Waals surface area (Å²) >= 11 is 5.68. The number of allylic oxidation sites excluding steroid dienone is 1. The Balaban J connectivity index is 2.24. The highest BCUT2D eigenvalue weighted by molar-refractivity contribution is 6.19. The van der Waals surface area contributed by atoms with Crippen LogP contribution in [0.25, 0.3) is 6.08 Å². The predicted molar refractivity (Wildman–Crippen MR) is 103 cm³/mol. The van der Waals surface area contributed by atoms with Crippen molar-refractivity contribution < 1.29 is 0 Å². The van der Waals surface area contributed by atoms with E-state index in [9.17, 15) is 0 Å². The van der Waals surface area contributed by atoms with Gasteiger partial charge in [0.15, 0.2) is 0 Å². The zero-order valence-electron chi connectivity index (χ0n) is 14.9. The number of nitrogens with zero attached hydrogens (tertiary/aromatic N) is 4. The van der Waals surface area contributed by atoms with Gasteiger partial charge in [0.05, 0.1) is 0 Å². The number of nitriles is 1. The van der Waals surface area contributed by atoms with Gasteiger partial charge in [-0.15, -0.1) is 11.6 Å². The molecule has 1 aromatic carbocycles. The summed E-state index contributed by atoms with van der Waals surface area (Å²) in [5.74, 6) is 1.47. The highest BCUT2D eigenvalue weighted by atomic mass is 35.5. The van der Waals surface area contributed by atoms with Crippen molar-refractivity contribution in [3.05, 3.63) is 59.6 Å². The summed E-state index contributed by atoms with van der Waals surface area (Å²) in [6.07, 6.45) is 5.57. The summed E-state index contributed by atoms with van der Waals surface area (Å²) in [6, 6.07) is 12.2. The van der Waals surface area contributed by atoms with Crippen LogP contribution in [0.3, 0.4) is 0 Å². The molecule has 2 aromatic rings. The van der Waals surface area contributed by atoms with Crippen molar-refractivity contribution >= 4 is 23.5 Å². The molecule has 5 heteroatoms. The summed E-state index contributed by atoms with van der Waals surface area (Å²) in [6.45, 7) is 8.10. The summed E-state index contributed by atoms with van der Waals surface area (Å²) < 4.78 is 0. The largest absolute Gasteiger partial charge is 0.352 e. The monoisotopic (exact) mass is 354 g/mol. The average Bonchev–Trinajstić information content (AvgIpc) is 2.59. The van der Waals surface area contributed by atoms with Crippen molar-refractivity contribution in [1.82, 2.24) is 9.97 Å². The molecule has 0 aliphatic heterocycles. The number of hydrogen-bond donors (Lipinski definition) is 0. The molecule has 0 N–H and O–H groups in total. The number of alkyl halides is 1. The molecule has 0 atom stereocenters. The number of hydrogen-bond acceptors (Lipinski definition) is 4. The van der Waals surface area contributed by atoms with Gasteiger partial charge in [0, 0.05) is 25.2 Å². The minimum Gasteiger partial charge on any atom is -0.352 e. The number of aromatic nitrogens is 2. The van der Waals surface area contributed by atoms with Gasteiger partial charge in [-0.1, -0.05) is 57.2 Å². The first-order chi connectivity index (χ1) is 11.9. The topological polar surface area (TPSA) is 52.8 Å². The molecular weight excluding hydrogens is 332 g/mol. The van der Waals surface area contributed by atoms with Crippen LogP contribution in [0.4, 0.5) is 5.82 Å². The lowest BCUT2D eigenvalue weighted by atomic mass is 9.95. The summed E-state index contributed by atoms with van der Waals surface area (Å²) in [5, 5.41) is 9.06. The predicted octanol–water partition coefficient (Wildman–Crippen LogP) is 4.65. The first kappa shape index (κ1) is 19.0. The van der Waals surface area contributed by atoms with Crippen LogP contribution in [0.5, 0.6) is 0 Å². The number of rotatable bonds is 6. The molecule has 25 heavy (non-hydrogen) atoms. The van der Waals surface area contributed by atoms with Gasteiger partial charge in [-0.2, -0.15) is 5.26 Å². The van der Waals surface area contributed by atoms with Crippen molar-refractivity contribution in [3.8, 4) is 6.07 Å². The van der Waals surface area contributed by atoms with E-state index >= 15 is 0 Å². The van der Waals surface area contributed by atoms with Crippen molar-refractivity contribution in [2.75, 3.05) is 17.3 Å². The van der Waals surface area contributed by atoms with E-state index in [0.717, 1.165) is 24.5 Å². The van der Waals surface area contributed by atoms with Gasteiger partial charge in [0.25, 0.3) is 0 Å². The van der Waals surface area contributed by atoms with Crippen molar-refractivity contribution in [2.45, 2.75) is 27.3 Å². The Bertz CT molecular complexity index is 755. The van der Waals surface area contributed by atoms with Gasteiger partial charge in [-0.3, -0.25) is 0 Å². The van der Waals surface area contributed by atoms with E-state index in [4.69, 9.17) is 16.9 Å². The second-order valence-corrected chi connectivity index (χ2v) is 7.37. The quantitative estimate of drug-likeness (QED) is 0.708. The maximum atomic E-state index is 9.06. The van der Waals surface area contributed by atoms with Gasteiger partial charge in [0.2, 0.25) is 5.82 Å². The number of anilines is 1. The molecule has 1 heterocycles. The molecule has 0 aliphatic rings. The Kier molecular flexibility index (Phi) is 6.55. The van der Waals surface area contributed by atoms with Crippen LogP contribution in [0.2, 0.25) is 0 Å². The lowest BCUT2D eigenvalue weighted by Gasteiger charge is -2.31. The Morgan fingerprint density at radius 1 is 1.20 bits per heavy atom. The second kappa shape index (κ2) is 8.64. The molecular formula is C20H23ClN4. The highest BCUT2D eigenvalue weighted by Gasteiger charge is 2.18. The first-order valence-electron chi connectivity index (χ1n) is 8.21. The van der Waals surface area contributed by atoms with E-state index in [2.05, 4.69) is 59.9 Å². The van der Waals surface area contributed by atoms with Gasteiger partial charge in [-0.25, -0.2) is 9.97 Å². The normalized spacial score (nSPS) is 11.5. The molecule has 130 valence electrons. The Morgan fingerprint density at radius 3 is 2.52 bits per heavy atom. The molecule has 4 nitrogen and oxygen atoms in total. The molecule has 0 unspecified atom stereocenters. The van der Waals surface area contributed by atoms with E-state index in [-0.39, 0.29) is 11.2 Å². The standard InChI is InChI=1S/C20H23ClN4/c1-20(2,3)15-25(19-10-12-23-18(13-22)24-19)14-17-8-6-16(7-9-17)5-4-11-21/h4-10,12H,11,14-15H2,1-3H3/b5-4+.